The summed E-state index contributed by atoms with van der Waals surface area (Å²) in [5, 5.41) is 0. The predicted molar refractivity (Wildman–Crippen MR) is 63.8 cm³/mol. The first-order valence-electron chi connectivity index (χ1n) is 5.85. The van der Waals surface area contributed by atoms with Crippen LogP contribution in [0.3, 0.4) is 0 Å². The maximum Gasteiger partial charge on any atom is 0.337 e. The van der Waals surface area contributed by atoms with Crippen molar-refractivity contribution in [3.05, 3.63) is 0 Å². The molecule has 0 radical (unpaired) electrons. The van der Waals surface area contributed by atoms with Crippen molar-refractivity contribution in [1.82, 2.24) is 0 Å². The first-order chi connectivity index (χ1) is 6.74. The Morgan fingerprint density at radius 1 is 0.857 bits per heavy atom. The average molecular weight is 218 g/mol. The molecule has 0 bridgehead atoms. The largest absolute Gasteiger partial charge is 0.398 e. The summed E-state index contributed by atoms with van der Waals surface area (Å²) in [6.45, 7) is 4.42. The smallest absolute Gasteiger partial charge is 0.337 e. The minimum absolute atomic E-state index is 1.06. The highest BCUT2D eigenvalue weighted by Crippen LogP contribution is 2.20. The van der Waals surface area contributed by atoms with Gasteiger partial charge in [-0.3, -0.25) is 0 Å². The molecule has 0 unspecified atom stereocenters. The van der Waals surface area contributed by atoms with E-state index in [1.54, 1.807) is 14.2 Å². The van der Waals surface area contributed by atoms with E-state index in [4.69, 9.17) is 8.85 Å². The van der Waals surface area contributed by atoms with Crippen LogP contribution in [0.4, 0.5) is 0 Å². The van der Waals surface area contributed by atoms with E-state index in [1.165, 1.54) is 32.1 Å². The highest BCUT2D eigenvalue weighted by atomic mass is 28.4. The number of hydrogen-bond donors (Lipinski definition) is 0. The Morgan fingerprint density at radius 2 is 1.43 bits per heavy atom. The Hall–Kier alpha value is 0.137. The molecule has 0 atom stereocenters. The van der Waals surface area contributed by atoms with Crippen molar-refractivity contribution in [3.8, 4) is 0 Å². The van der Waals surface area contributed by atoms with Gasteiger partial charge in [0.1, 0.15) is 0 Å². The monoisotopic (exact) mass is 218 g/mol. The van der Waals surface area contributed by atoms with Crippen LogP contribution < -0.4 is 0 Å². The third kappa shape index (κ3) is 5.13. The van der Waals surface area contributed by atoms with Gasteiger partial charge in [0.15, 0.2) is 0 Å². The lowest BCUT2D eigenvalue weighted by Gasteiger charge is -2.25. The number of unbranched alkanes of at least 4 members (excludes halogenated alkanes) is 4. The maximum absolute atomic E-state index is 5.56. The zero-order valence-electron chi connectivity index (χ0n) is 10.3. The molecule has 86 valence electrons. The summed E-state index contributed by atoms with van der Waals surface area (Å²) in [6.07, 6.45) is 6.63. The summed E-state index contributed by atoms with van der Waals surface area (Å²) in [5.41, 5.74) is 0. The zero-order chi connectivity index (χ0) is 10.9. The van der Waals surface area contributed by atoms with Crippen LogP contribution in [0.2, 0.25) is 12.1 Å². The van der Waals surface area contributed by atoms with Crippen LogP contribution in [0.15, 0.2) is 0 Å². The predicted octanol–water partition coefficient (Wildman–Crippen LogP) is 3.71. The summed E-state index contributed by atoms with van der Waals surface area (Å²) in [5.74, 6) is 0. The van der Waals surface area contributed by atoms with Gasteiger partial charge in [0.25, 0.3) is 0 Å². The molecule has 2 nitrogen and oxygen atoms in total. The minimum atomic E-state index is -1.78. The molecule has 0 aromatic rings. The topological polar surface area (TPSA) is 18.5 Å². The van der Waals surface area contributed by atoms with E-state index < -0.39 is 8.56 Å². The SMILES string of the molecule is CCCCCCC[Si](CC)(OC)OC. The van der Waals surface area contributed by atoms with Gasteiger partial charge in [-0.05, 0) is 12.1 Å². The Morgan fingerprint density at radius 3 is 1.86 bits per heavy atom. The van der Waals surface area contributed by atoms with Gasteiger partial charge in [-0.25, -0.2) is 0 Å². The van der Waals surface area contributed by atoms with E-state index >= 15 is 0 Å². The van der Waals surface area contributed by atoms with Crippen molar-refractivity contribution < 1.29 is 8.85 Å². The van der Waals surface area contributed by atoms with Crippen molar-refractivity contribution in [2.75, 3.05) is 14.2 Å². The standard InChI is InChI=1S/C11H26O2Si/c1-5-7-8-9-10-11-14(6-2,12-3)13-4/h5-11H2,1-4H3. The highest BCUT2D eigenvalue weighted by molar-refractivity contribution is 6.67. The van der Waals surface area contributed by atoms with Crippen molar-refractivity contribution in [2.45, 2.75) is 58.0 Å². The second-order valence-electron chi connectivity index (χ2n) is 3.84. The van der Waals surface area contributed by atoms with E-state index in [-0.39, 0.29) is 0 Å². The van der Waals surface area contributed by atoms with Gasteiger partial charge in [0.05, 0.1) is 0 Å². The van der Waals surface area contributed by atoms with Gasteiger partial charge in [0, 0.05) is 14.2 Å². The summed E-state index contributed by atoms with van der Waals surface area (Å²) in [7, 11) is 1.82. The van der Waals surface area contributed by atoms with E-state index in [0.29, 0.717) is 0 Å². The van der Waals surface area contributed by atoms with E-state index in [0.717, 1.165) is 12.1 Å². The molecule has 0 N–H and O–H groups in total. The summed E-state index contributed by atoms with van der Waals surface area (Å²) >= 11 is 0. The molecule has 0 aliphatic rings. The molecular weight excluding hydrogens is 192 g/mol. The Bertz CT molecular complexity index is 116. The average Bonchev–Trinajstić information content (AvgIpc) is 2.24. The molecule has 0 heterocycles. The van der Waals surface area contributed by atoms with Crippen LogP contribution in [-0.2, 0) is 8.85 Å². The van der Waals surface area contributed by atoms with Crippen LogP contribution in [0.1, 0.15) is 46.0 Å². The first-order valence-corrected chi connectivity index (χ1v) is 8.08. The van der Waals surface area contributed by atoms with Gasteiger partial charge in [0.2, 0.25) is 0 Å². The molecule has 0 fully saturated rings. The van der Waals surface area contributed by atoms with Crippen LogP contribution in [-0.4, -0.2) is 22.8 Å². The van der Waals surface area contributed by atoms with E-state index in [1.807, 2.05) is 0 Å². The molecular formula is C11H26O2Si. The molecule has 0 aliphatic carbocycles. The van der Waals surface area contributed by atoms with Gasteiger partial charge in [-0.15, -0.1) is 0 Å². The molecule has 0 aromatic carbocycles. The third-order valence-corrected chi connectivity index (χ3v) is 6.62. The van der Waals surface area contributed by atoms with E-state index in [9.17, 15) is 0 Å². The number of hydrogen-bond acceptors (Lipinski definition) is 2. The Kier molecular flexibility index (Phi) is 8.53. The fraction of sp³-hybridized carbons (Fsp3) is 1.00. The van der Waals surface area contributed by atoms with Crippen LogP contribution in [0, 0.1) is 0 Å². The molecule has 0 saturated carbocycles. The highest BCUT2D eigenvalue weighted by Gasteiger charge is 2.31. The summed E-state index contributed by atoms with van der Waals surface area (Å²) in [4.78, 5) is 0. The first kappa shape index (κ1) is 14.1. The quantitative estimate of drug-likeness (QED) is 0.434. The zero-order valence-corrected chi connectivity index (χ0v) is 11.3. The lowest BCUT2D eigenvalue weighted by atomic mass is 10.2. The Labute approximate surface area is 90.2 Å². The third-order valence-electron chi connectivity index (χ3n) is 2.94. The minimum Gasteiger partial charge on any atom is -0.398 e. The molecule has 0 aliphatic heterocycles. The number of rotatable bonds is 9. The van der Waals surface area contributed by atoms with Crippen LogP contribution >= 0.6 is 0 Å². The maximum atomic E-state index is 5.56. The fourth-order valence-electron chi connectivity index (χ4n) is 1.75. The summed E-state index contributed by atoms with van der Waals surface area (Å²) in [6, 6.07) is 2.22. The molecule has 14 heavy (non-hydrogen) atoms. The molecule has 0 aromatic heterocycles. The van der Waals surface area contributed by atoms with Gasteiger partial charge < -0.3 is 8.85 Å². The second kappa shape index (κ2) is 8.45. The van der Waals surface area contributed by atoms with Crippen molar-refractivity contribution in [3.63, 3.8) is 0 Å². The van der Waals surface area contributed by atoms with E-state index in [2.05, 4.69) is 13.8 Å². The molecule has 3 heteroatoms. The van der Waals surface area contributed by atoms with Crippen molar-refractivity contribution in [1.29, 1.82) is 0 Å². The molecule has 0 saturated heterocycles. The van der Waals surface area contributed by atoms with Gasteiger partial charge >= 0.3 is 8.56 Å². The van der Waals surface area contributed by atoms with Crippen LogP contribution in [0.5, 0.6) is 0 Å². The second-order valence-corrected chi connectivity index (χ2v) is 7.68. The molecule has 0 spiro atoms. The molecule has 0 amide bonds. The van der Waals surface area contributed by atoms with Gasteiger partial charge in [-0.2, -0.15) is 0 Å². The fourth-order valence-corrected chi connectivity index (χ4v) is 4.05. The van der Waals surface area contributed by atoms with Crippen molar-refractivity contribution in [2.24, 2.45) is 0 Å². The normalized spacial score (nSPS) is 12.0. The van der Waals surface area contributed by atoms with Gasteiger partial charge in [-0.1, -0.05) is 46.0 Å². The van der Waals surface area contributed by atoms with Crippen molar-refractivity contribution >= 4 is 8.56 Å². The lowest BCUT2D eigenvalue weighted by Crippen LogP contribution is -2.38. The summed E-state index contributed by atoms with van der Waals surface area (Å²) < 4.78 is 11.1. The van der Waals surface area contributed by atoms with Crippen LogP contribution in [0.25, 0.3) is 0 Å². The lowest BCUT2D eigenvalue weighted by molar-refractivity contribution is 0.241. The Balaban J connectivity index is 3.61. The molecule has 0 rings (SSSR count).